The maximum atomic E-state index is 6.09. The first-order chi connectivity index (χ1) is 6.59. The Labute approximate surface area is 84.5 Å². The van der Waals surface area contributed by atoms with Crippen molar-refractivity contribution >= 4 is 0 Å². The lowest BCUT2D eigenvalue weighted by Crippen LogP contribution is -2.30. The van der Waals surface area contributed by atoms with Crippen molar-refractivity contribution in [3.63, 3.8) is 0 Å². The molecule has 2 rings (SSSR count). The van der Waals surface area contributed by atoms with Crippen LogP contribution in [0.1, 0.15) is 44.3 Å². The van der Waals surface area contributed by atoms with Crippen LogP contribution in [0, 0.1) is 5.41 Å². The van der Waals surface area contributed by atoms with Gasteiger partial charge in [-0.3, -0.25) is 4.68 Å². The van der Waals surface area contributed by atoms with Crippen LogP contribution in [0.2, 0.25) is 0 Å². The Bertz CT molecular complexity index is 314. The van der Waals surface area contributed by atoms with Gasteiger partial charge >= 0.3 is 0 Å². The van der Waals surface area contributed by atoms with E-state index in [0.29, 0.717) is 5.41 Å². The Morgan fingerprint density at radius 3 is 2.79 bits per heavy atom. The molecule has 0 spiro atoms. The van der Waals surface area contributed by atoms with Gasteiger partial charge in [-0.15, -0.1) is 5.10 Å². The average Bonchev–Trinajstić information content (AvgIpc) is 2.49. The molecular weight excluding hydrogens is 176 g/mol. The van der Waals surface area contributed by atoms with E-state index in [1.54, 1.807) is 4.68 Å². The van der Waals surface area contributed by atoms with Gasteiger partial charge in [0.05, 0.1) is 11.7 Å². The highest BCUT2D eigenvalue weighted by Gasteiger charge is 2.34. The Hall–Kier alpha value is -0.900. The molecule has 0 radical (unpaired) electrons. The second-order valence-electron chi connectivity index (χ2n) is 4.79. The minimum Gasteiger partial charge on any atom is -0.323 e. The van der Waals surface area contributed by atoms with E-state index in [9.17, 15) is 0 Å². The molecule has 14 heavy (non-hydrogen) atoms. The van der Waals surface area contributed by atoms with Crippen LogP contribution in [-0.2, 0) is 7.05 Å². The van der Waals surface area contributed by atoms with Gasteiger partial charge in [-0.1, -0.05) is 18.6 Å². The van der Waals surface area contributed by atoms with Crippen molar-refractivity contribution in [3.05, 3.63) is 11.9 Å². The van der Waals surface area contributed by atoms with E-state index >= 15 is 0 Å². The second kappa shape index (κ2) is 3.35. The molecule has 1 aliphatic carbocycles. The van der Waals surface area contributed by atoms with E-state index in [1.165, 1.54) is 19.3 Å². The van der Waals surface area contributed by atoms with E-state index in [1.807, 2.05) is 13.2 Å². The zero-order valence-electron chi connectivity index (χ0n) is 8.90. The molecule has 1 aromatic rings. The number of aromatic nitrogens is 3. The van der Waals surface area contributed by atoms with Crippen LogP contribution in [-0.4, -0.2) is 15.0 Å². The number of rotatable bonds is 3. The molecule has 1 atom stereocenters. The monoisotopic (exact) mass is 194 g/mol. The summed E-state index contributed by atoms with van der Waals surface area (Å²) in [6.07, 6.45) is 6.91. The minimum absolute atomic E-state index is 0.0500. The summed E-state index contributed by atoms with van der Waals surface area (Å²) in [6, 6.07) is 0.0500. The third-order valence-electron chi connectivity index (χ3n) is 3.27. The van der Waals surface area contributed by atoms with Crippen LogP contribution < -0.4 is 5.73 Å². The molecule has 0 bridgehead atoms. The molecule has 1 aliphatic rings. The quantitative estimate of drug-likeness (QED) is 0.791. The summed E-state index contributed by atoms with van der Waals surface area (Å²) in [5, 5.41) is 7.94. The van der Waals surface area contributed by atoms with Gasteiger partial charge in [0.1, 0.15) is 0 Å². The summed E-state index contributed by atoms with van der Waals surface area (Å²) in [4.78, 5) is 0. The van der Waals surface area contributed by atoms with Crippen molar-refractivity contribution in [1.29, 1.82) is 0 Å². The predicted octanol–water partition coefficient (Wildman–Crippen LogP) is 1.40. The zero-order valence-corrected chi connectivity index (χ0v) is 8.90. The van der Waals surface area contributed by atoms with Crippen LogP contribution in [0.5, 0.6) is 0 Å². The number of hydrogen-bond donors (Lipinski definition) is 1. The molecule has 0 aliphatic heterocycles. The van der Waals surface area contributed by atoms with Gasteiger partial charge < -0.3 is 5.73 Å². The van der Waals surface area contributed by atoms with Gasteiger partial charge in [0.15, 0.2) is 0 Å². The fraction of sp³-hybridized carbons (Fsp3) is 0.800. The van der Waals surface area contributed by atoms with E-state index in [2.05, 4.69) is 17.2 Å². The molecule has 0 saturated heterocycles. The summed E-state index contributed by atoms with van der Waals surface area (Å²) in [5.41, 5.74) is 7.46. The van der Waals surface area contributed by atoms with Crippen LogP contribution in [0.25, 0.3) is 0 Å². The maximum absolute atomic E-state index is 6.09. The third kappa shape index (κ3) is 1.80. The van der Waals surface area contributed by atoms with Gasteiger partial charge in [-0.25, -0.2) is 0 Å². The Kier molecular flexibility index (Phi) is 2.31. The summed E-state index contributed by atoms with van der Waals surface area (Å²) >= 11 is 0. The molecule has 1 unspecified atom stereocenters. The van der Waals surface area contributed by atoms with Crippen molar-refractivity contribution in [3.8, 4) is 0 Å². The van der Waals surface area contributed by atoms with Crippen molar-refractivity contribution in [1.82, 2.24) is 15.0 Å². The normalized spacial score (nSPS) is 21.6. The smallest absolute Gasteiger partial charge is 0.0994 e. The van der Waals surface area contributed by atoms with Gasteiger partial charge in [0, 0.05) is 13.2 Å². The molecule has 2 N–H and O–H groups in total. The van der Waals surface area contributed by atoms with Gasteiger partial charge in [-0.05, 0) is 24.7 Å². The van der Waals surface area contributed by atoms with Crippen molar-refractivity contribution < 1.29 is 0 Å². The Morgan fingerprint density at radius 1 is 1.64 bits per heavy atom. The average molecular weight is 194 g/mol. The highest BCUT2D eigenvalue weighted by molar-refractivity contribution is 5.02. The molecule has 1 heterocycles. The summed E-state index contributed by atoms with van der Waals surface area (Å²) < 4.78 is 1.71. The molecule has 1 saturated carbocycles. The number of nitrogens with zero attached hydrogens (tertiary/aromatic N) is 3. The maximum Gasteiger partial charge on any atom is 0.0994 e. The van der Waals surface area contributed by atoms with Crippen molar-refractivity contribution in [2.45, 2.75) is 38.6 Å². The Balaban J connectivity index is 1.98. The summed E-state index contributed by atoms with van der Waals surface area (Å²) in [6.45, 7) is 2.31. The van der Waals surface area contributed by atoms with E-state index in [4.69, 9.17) is 5.73 Å². The molecule has 1 aromatic heterocycles. The van der Waals surface area contributed by atoms with Gasteiger partial charge in [0.25, 0.3) is 0 Å². The van der Waals surface area contributed by atoms with Crippen LogP contribution >= 0.6 is 0 Å². The molecule has 78 valence electrons. The van der Waals surface area contributed by atoms with E-state index in [0.717, 1.165) is 12.1 Å². The molecule has 4 nitrogen and oxygen atoms in total. The van der Waals surface area contributed by atoms with Crippen molar-refractivity contribution in [2.24, 2.45) is 18.2 Å². The summed E-state index contributed by atoms with van der Waals surface area (Å²) in [5.74, 6) is 0. The Morgan fingerprint density at radius 2 is 2.36 bits per heavy atom. The first-order valence-corrected chi connectivity index (χ1v) is 5.21. The van der Waals surface area contributed by atoms with Crippen LogP contribution in [0.4, 0.5) is 0 Å². The fourth-order valence-corrected chi connectivity index (χ4v) is 2.16. The fourth-order valence-electron chi connectivity index (χ4n) is 2.16. The molecule has 1 fully saturated rings. The van der Waals surface area contributed by atoms with Crippen molar-refractivity contribution in [2.75, 3.05) is 0 Å². The summed E-state index contributed by atoms with van der Waals surface area (Å²) in [7, 11) is 1.87. The number of hydrogen-bond acceptors (Lipinski definition) is 3. The van der Waals surface area contributed by atoms with E-state index in [-0.39, 0.29) is 6.04 Å². The lowest BCUT2D eigenvalue weighted by Gasteiger charge is -2.39. The van der Waals surface area contributed by atoms with Gasteiger partial charge in [-0.2, -0.15) is 0 Å². The highest BCUT2D eigenvalue weighted by Crippen LogP contribution is 2.45. The highest BCUT2D eigenvalue weighted by atomic mass is 15.4. The lowest BCUT2D eigenvalue weighted by molar-refractivity contribution is 0.133. The molecule has 4 heteroatoms. The third-order valence-corrected chi connectivity index (χ3v) is 3.27. The number of nitrogens with two attached hydrogens (primary N) is 1. The SMILES string of the molecule is Cn1cc(C(N)CC2(C)CCC2)nn1. The van der Waals surface area contributed by atoms with Crippen LogP contribution in [0.3, 0.4) is 0 Å². The predicted molar refractivity (Wildman–Crippen MR) is 54.5 cm³/mol. The molecule has 0 amide bonds. The standard InChI is InChI=1S/C10H18N4/c1-10(4-3-5-10)6-8(11)9-7-14(2)13-12-9/h7-8H,3-6,11H2,1-2H3. The first-order valence-electron chi connectivity index (χ1n) is 5.21. The minimum atomic E-state index is 0.0500. The van der Waals surface area contributed by atoms with Gasteiger partial charge in [0.2, 0.25) is 0 Å². The molecular formula is C10H18N4. The zero-order chi connectivity index (χ0) is 10.2. The number of aryl methyl sites for hydroxylation is 1. The van der Waals surface area contributed by atoms with E-state index < -0.39 is 0 Å². The first kappa shape index (κ1) is 9.65. The molecule has 0 aromatic carbocycles. The lowest BCUT2D eigenvalue weighted by atomic mass is 9.67. The van der Waals surface area contributed by atoms with Crippen LogP contribution in [0.15, 0.2) is 6.20 Å². The largest absolute Gasteiger partial charge is 0.323 e. The topological polar surface area (TPSA) is 56.7 Å². The second-order valence-corrected chi connectivity index (χ2v) is 4.79.